The van der Waals surface area contributed by atoms with Crippen LogP contribution in [-0.4, -0.2) is 11.4 Å². The number of hydrogen-bond acceptors (Lipinski definition) is 3. The van der Waals surface area contributed by atoms with E-state index in [1.54, 1.807) is 11.8 Å². The molecule has 1 aliphatic rings. The largest absolute Gasteiger partial charge is 0.447 e. The third kappa shape index (κ3) is 1.64. The van der Waals surface area contributed by atoms with Crippen LogP contribution in [0.2, 0.25) is 0 Å². The Morgan fingerprint density at radius 3 is 3.00 bits per heavy atom. The van der Waals surface area contributed by atoms with Gasteiger partial charge in [0.15, 0.2) is 5.44 Å². The average molecular weight is 208 g/mol. The molecule has 2 nitrogen and oxygen atoms in total. The molecule has 2 rings (SSSR count). The molecule has 1 aliphatic heterocycles. The third-order valence-electron chi connectivity index (χ3n) is 2.19. The van der Waals surface area contributed by atoms with Crippen LogP contribution in [0.15, 0.2) is 23.1 Å². The second-order valence-corrected chi connectivity index (χ2v) is 4.56. The van der Waals surface area contributed by atoms with E-state index in [2.05, 4.69) is 0 Å². The highest BCUT2D eigenvalue weighted by Gasteiger charge is 2.25. The number of hydrogen-bond donors (Lipinski definition) is 0. The van der Waals surface area contributed by atoms with Gasteiger partial charge in [0.2, 0.25) is 0 Å². The first-order chi connectivity index (χ1) is 6.70. The summed E-state index contributed by atoms with van der Waals surface area (Å²) in [5.41, 5.74) is 1.86. The van der Waals surface area contributed by atoms with Gasteiger partial charge < -0.3 is 4.74 Å². The number of ether oxygens (including phenoxy) is 1. The second kappa shape index (κ2) is 3.65. The monoisotopic (exact) mass is 208 g/mol. The predicted molar refractivity (Wildman–Crippen MR) is 56.5 cm³/mol. The van der Waals surface area contributed by atoms with E-state index in [1.165, 1.54) is 5.56 Å². The summed E-state index contributed by atoms with van der Waals surface area (Å²) in [6.07, 6.45) is 0.851. The third-order valence-corrected chi connectivity index (χ3v) is 3.47. The van der Waals surface area contributed by atoms with Gasteiger partial charge in [0.25, 0.3) is 0 Å². The lowest BCUT2D eigenvalue weighted by molar-refractivity contribution is 0.0437. The fourth-order valence-corrected chi connectivity index (χ4v) is 2.53. The molecule has 0 saturated carbocycles. The van der Waals surface area contributed by atoms with Gasteiger partial charge in [-0.2, -0.15) is 0 Å². The molecule has 0 saturated heterocycles. The average Bonchev–Trinajstić information content (AvgIpc) is 2.16. The van der Waals surface area contributed by atoms with Gasteiger partial charge in [-0.25, -0.2) is 4.79 Å². The van der Waals surface area contributed by atoms with E-state index in [-0.39, 0.29) is 11.4 Å². The summed E-state index contributed by atoms with van der Waals surface area (Å²) in [4.78, 5) is 12.6. The van der Waals surface area contributed by atoms with Crippen molar-refractivity contribution >= 4 is 17.7 Å². The lowest BCUT2D eigenvalue weighted by Crippen LogP contribution is -2.20. The molecule has 1 unspecified atom stereocenters. The number of esters is 1. The van der Waals surface area contributed by atoms with Crippen molar-refractivity contribution in [3.63, 3.8) is 0 Å². The first-order valence-electron chi connectivity index (χ1n) is 4.69. The molecule has 0 fully saturated rings. The Kier molecular flexibility index (Phi) is 2.50. The minimum Gasteiger partial charge on any atom is -0.447 e. The van der Waals surface area contributed by atoms with Crippen LogP contribution >= 0.6 is 11.8 Å². The molecule has 0 aliphatic carbocycles. The van der Waals surface area contributed by atoms with E-state index in [1.807, 2.05) is 32.0 Å². The van der Waals surface area contributed by atoms with E-state index >= 15 is 0 Å². The molecule has 0 amide bonds. The van der Waals surface area contributed by atoms with Crippen molar-refractivity contribution in [1.82, 2.24) is 0 Å². The number of benzene rings is 1. The van der Waals surface area contributed by atoms with E-state index in [4.69, 9.17) is 4.74 Å². The number of carbonyl (C=O) groups excluding carboxylic acids is 1. The maximum absolute atomic E-state index is 11.5. The van der Waals surface area contributed by atoms with Gasteiger partial charge in [-0.05, 0) is 31.0 Å². The minimum atomic E-state index is -0.189. The Morgan fingerprint density at radius 2 is 2.29 bits per heavy atom. The van der Waals surface area contributed by atoms with Crippen molar-refractivity contribution in [2.24, 2.45) is 0 Å². The smallest absolute Gasteiger partial charge is 0.340 e. The van der Waals surface area contributed by atoms with Gasteiger partial charge in [0, 0.05) is 4.90 Å². The first kappa shape index (κ1) is 9.59. The van der Waals surface area contributed by atoms with Crippen molar-refractivity contribution in [2.45, 2.75) is 30.6 Å². The van der Waals surface area contributed by atoms with Gasteiger partial charge in [0.1, 0.15) is 0 Å². The summed E-state index contributed by atoms with van der Waals surface area (Å²) in [7, 11) is 0. The first-order valence-corrected chi connectivity index (χ1v) is 5.57. The molecule has 74 valence electrons. The standard InChI is InChI=1S/C11H12O2S/c1-3-10-13-11(12)8-5-4-7(2)6-9(8)14-10/h4-6,10H,3H2,1-2H3. The molecule has 0 aromatic heterocycles. The van der Waals surface area contributed by atoms with Crippen LogP contribution in [0.4, 0.5) is 0 Å². The highest BCUT2D eigenvalue weighted by Crippen LogP contribution is 2.35. The van der Waals surface area contributed by atoms with Crippen LogP contribution in [0, 0.1) is 6.92 Å². The van der Waals surface area contributed by atoms with E-state index in [9.17, 15) is 4.79 Å². The van der Waals surface area contributed by atoms with Crippen molar-refractivity contribution < 1.29 is 9.53 Å². The molecule has 0 radical (unpaired) electrons. The molecule has 0 N–H and O–H groups in total. The molecule has 3 heteroatoms. The van der Waals surface area contributed by atoms with E-state index in [0.29, 0.717) is 5.56 Å². The fraction of sp³-hybridized carbons (Fsp3) is 0.364. The normalized spacial score (nSPS) is 20.1. The summed E-state index contributed by atoms with van der Waals surface area (Å²) in [6, 6.07) is 5.82. The van der Waals surface area contributed by atoms with Crippen LogP contribution in [-0.2, 0) is 4.74 Å². The quantitative estimate of drug-likeness (QED) is 0.664. The minimum absolute atomic E-state index is 0.0169. The van der Waals surface area contributed by atoms with E-state index < -0.39 is 0 Å². The Balaban J connectivity index is 2.40. The lowest BCUT2D eigenvalue weighted by atomic mass is 10.1. The molecule has 1 heterocycles. The van der Waals surface area contributed by atoms with Crippen molar-refractivity contribution in [2.75, 3.05) is 0 Å². The maximum Gasteiger partial charge on any atom is 0.340 e. The Hall–Kier alpha value is -0.960. The number of carbonyl (C=O) groups is 1. The summed E-state index contributed by atoms with van der Waals surface area (Å²) in [6.45, 7) is 4.05. The number of fused-ring (bicyclic) bond motifs is 1. The molecular formula is C11H12O2S. The number of cyclic esters (lactones) is 1. The molecule has 14 heavy (non-hydrogen) atoms. The number of aryl methyl sites for hydroxylation is 1. The second-order valence-electron chi connectivity index (χ2n) is 3.36. The molecule has 1 atom stereocenters. The fourth-order valence-electron chi connectivity index (χ4n) is 1.41. The van der Waals surface area contributed by atoms with Crippen molar-refractivity contribution in [1.29, 1.82) is 0 Å². The zero-order valence-corrected chi connectivity index (χ0v) is 9.06. The maximum atomic E-state index is 11.5. The highest BCUT2D eigenvalue weighted by atomic mass is 32.2. The molecular weight excluding hydrogens is 196 g/mol. The van der Waals surface area contributed by atoms with Gasteiger partial charge in [0.05, 0.1) is 5.56 Å². The Labute approximate surface area is 87.6 Å². The van der Waals surface area contributed by atoms with Crippen LogP contribution < -0.4 is 0 Å². The van der Waals surface area contributed by atoms with Crippen molar-refractivity contribution in [3.05, 3.63) is 29.3 Å². The van der Waals surface area contributed by atoms with Crippen LogP contribution in [0.5, 0.6) is 0 Å². The van der Waals surface area contributed by atoms with Gasteiger partial charge in [-0.15, -0.1) is 0 Å². The highest BCUT2D eigenvalue weighted by molar-refractivity contribution is 8.00. The van der Waals surface area contributed by atoms with Gasteiger partial charge in [-0.1, -0.05) is 24.8 Å². The summed E-state index contributed by atoms with van der Waals surface area (Å²) in [5, 5.41) is 0. The Morgan fingerprint density at radius 1 is 1.50 bits per heavy atom. The summed E-state index contributed by atoms with van der Waals surface area (Å²) < 4.78 is 5.23. The summed E-state index contributed by atoms with van der Waals surface area (Å²) >= 11 is 1.63. The molecule has 0 bridgehead atoms. The molecule has 1 aromatic carbocycles. The lowest BCUT2D eigenvalue weighted by Gasteiger charge is -2.23. The predicted octanol–water partition coefficient (Wildman–Crippen LogP) is 2.99. The zero-order chi connectivity index (χ0) is 10.1. The van der Waals surface area contributed by atoms with Crippen molar-refractivity contribution in [3.8, 4) is 0 Å². The molecule has 1 aromatic rings. The number of thioether (sulfide) groups is 1. The van der Waals surface area contributed by atoms with Crippen LogP contribution in [0.1, 0.15) is 29.3 Å². The van der Waals surface area contributed by atoms with Crippen LogP contribution in [0.25, 0.3) is 0 Å². The SMILES string of the molecule is CCC1OC(=O)c2ccc(C)cc2S1. The van der Waals surface area contributed by atoms with E-state index in [0.717, 1.165) is 11.3 Å². The van der Waals surface area contributed by atoms with Gasteiger partial charge >= 0.3 is 5.97 Å². The number of rotatable bonds is 1. The zero-order valence-electron chi connectivity index (χ0n) is 8.24. The van der Waals surface area contributed by atoms with Gasteiger partial charge in [-0.3, -0.25) is 0 Å². The molecule has 0 spiro atoms. The topological polar surface area (TPSA) is 26.3 Å². The Bertz CT molecular complexity index is 374. The summed E-state index contributed by atoms with van der Waals surface area (Å²) in [5.74, 6) is -0.189. The van der Waals surface area contributed by atoms with Crippen LogP contribution in [0.3, 0.4) is 0 Å².